The molecule has 1 unspecified atom stereocenters. The maximum absolute atomic E-state index is 11.9. The van der Waals surface area contributed by atoms with E-state index in [1.54, 1.807) is 11.8 Å². The number of nitrogens with zero attached hydrogens (tertiary/aromatic N) is 2. The Morgan fingerprint density at radius 3 is 2.33 bits per heavy atom. The van der Waals surface area contributed by atoms with Gasteiger partial charge < -0.3 is 10.6 Å². The molecule has 0 radical (unpaired) electrons. The van der Waals surface area contributed by atoms with Crippen molar-refractivity contribution >= 4 is 5.91 Å². The van der Waals surface area contributed by atoms with Crippen LogP contribution in [-0.4, -0.2) is 29.9 Å². The maximum atomic E-state index is 11.9. The molecule has 1 amide bonds. The summed E-state index contributed by atoms with van der Waals surface area (Å²) < 4.78 is 0. The van der Waals surface area contributed by atoms with E-state index < -0.39 is 6.04 Å². The fraction of sp³-hybridized carbons (Fsp3) is 0.818. The molecule has 0 aliphatic rings. The number of hydrogen-bond donors (Lipinski definition) is 1. The smallest absolute Gasteiger partial charge is 0.239 e. The molecule has 4 nitrogen and oxygen atoms in total. The van der Waals surface area contributed by atoms with E-state index in [1.165, 1.54) is 0 Å². The van der Waals surface area contributed by atoms with Crippen LogP contribution in [0.4, 0.5) is 0 Å². The summed E-state index contributed by atoms with van der Waals surface area (Å²) >= 11 is 0. The Kier molecular flexibility index (Phi) is 5.95. The highest BCUT2D eigenvalue weighted by molar-refractivity contribution is 5.81. The van der Waals surface area contributed by atoms with Crippen molar-refractivity contribution in [1.82, 2.24) is 4.90 Å². The predicted octanol–water partition coefficient (Wildman–Crippen LogP) is 0.978. The highest BCUT2D eigenvalue weighted by Crippen LogP contribution is 2.06. The van der Waals surface area contributed by atoms with Gasteiger partial charge in [-0.2, -0.15) is 5.26 Å². The van der Waals surface area contributed by atoms with Crippen LogP contribution in [-0.2, 0) is 4.79 Å². The molecule has 0 bridgehead atoms. The number of carbonyl (C=O) groups is 1. The third kappa shape index (κ3) is 4.30. The Bertz CT molecular complexity index is 245. The number of nitrogens with two attached hydrogens (primary N) is 1. The summed E-state index contributed by atoms with van der Waals surface area (Å²) in [6.07, 6.45) is 0. The largest absolute Gasteiger partial charge is 0.340 e. The summed E-state index contributed by atoms with van der Waals surface area (Å²) in [5.41, 5.74) is 5.78. The minimum Gasteiger partial charge on any atom is -0.340 e. The molecule has 0 spiro atoms. The Morgan fingerprint density at radius 2 is 2.00 bits per heavy atom. The van der Waals surface area contributed by atoms with Gasteiger partial charge in [-0.05, 0) is 19.8 Å². The molecule has 0 aromatic rings. The van der Waals surface area contributed by atoms with Crippen LogP contribution in [0.3, 0.4) is 0 Å². The van der Waals surface area contributed by atoms with Gasteiger partial charge in [-0.25, -0.2) is 0 Å². The Morgan fingerprint density at radius 1 is 1.47 bits per heavy atom. The van der Waals surface area contributed by atoms with Crippen molar-refractivity contribution in [2.75, 3.05) is 13.1 Å². The van der Waals surface area contributed by atoms with Gasteiger partial charge in [0.15, 0.2) is 0 Å². The maximum Gasteiger partial charge on any atom is 0.239 e. The lowest BCUT2D eigenvalue weighted by atomic mass is 10.0. The molecule has 0 heterocycles. The number of likely N-dealkylation sites (N-methyl/N-ethyl adjacent to an activating group) is 1. The van der Waals surface area contributed by atoms with Crippen LogP contribution in [0.5, 0.6) is 0 Å². The molecule has 2 N–H and O–H groups in total. The molecule has 0 aromatic heterocycles. The topological polar surface area (TPSA) is 70.1 Å². The van der Waals surface area contributed by atoms with Gasteiger partial charge in [0.25, 0.3) is 0 Å². The van der Waals surface area contributed by atoms with Crippen LogP contribution in [0.2, 0.25) is 0 Å². The summed E-state index contributed by atoms with van der Waals surface area (Å²) in [7, 11) is 0. The van der Waals surface area contributed by atoms with Crippen LogP contribution in [0.15, 0.2) is 0 Å². The van der Waals surface area contributed by atoms with Crippen LogP contribution in [0.25, 0.3) is 0 Å². The number of carbonyl (C=O) groups excluding carboxylic acids is 1. The first-order chi connectivity index (χ1) is 6.93. The van der Waals surface area contributed by atoms with E-state index in [4.69, 9.17) is 11.0 Å². The van der Waals surface area contributed by atoms with E-state index in [1.807, 2.05) is 20.8 Å². The average Bonchev–Trinajstić information content (AvgIpc) is 2.23. The zero-order valence-electron chi connectivity index (χ0n) is 10.0. The van der Waals surface area contributed by atoms with Gasteiger partial charge in [-0.1, -0.05) is 13.8 Å². The molecule has 0 saturated carbocycles. The quantitative estimate of drug-likeness (QED) is 0.737. The van der Waals surface area contributed by atoms with Crippen molar-refractivity contribution in [3.8, 4) is 6.07 Å². The minimum absolute atomic E-state index is 0.0606. The van der Waals surface area contributed by atoms with Gasteiger partial charge in [0.05, 0.1) is 18.0 Å². The Hall–Kier alpha value is -1.08. The van der Waals surface area contributed by atoms with Crippen molar-refractivity contribution < 1.29 is 4.79 Å². The van der Waals surface area contributed by atoms with Crippen molar-refractivity contribution in [3.05, 3.63) is 0 Å². The van der Waals surface area contributed by atoms with Crippen molar-refractivity contribution in [2.24, 2.45) is 17.6 Å². The number of rotatable bonds is 5. The lowest BCUT2D eigenvalue weighted by molar-refractivity contribution is -0.133. The van der Waals surface area contributed by atoms with Crippen LogP contribution < -0.4 is 5.73 Å². The molecule has 4 heteroatoms. The van der Waals surface area contributed by atoms with Gasteiger partial charge in [0.2, 0.25) is 5.91 Å². The minimum atomic E-state index is -0.462. The lowest BCUT2D eigenvalue weighted by Crippen LogP contribution is -2.47. The van der Waals surface area contributed by atoms with Crippen molar-refractivity contribution in [2.45, 2.75) is 33.7 Å². The summed E-state index contributed by atoms with van der Waals surface area (Å²) in [5, 5.41) is 8.69. The zero-order valence-corrected chi connectivity index (χ0v) is 10.0. The van der Waals surface area contributed by atoms with Gasteiger partial charge in [0, 0.05) is 13.1 Å². The van der Waals surface area contributed by atoms with E-state index >= 15 is 0 Å². The molecule has 0 fully saturated rings. The fourth-order valence-electron chi connectivity index (χ4n) is 1.24. The van der Waals surface area contributed by atoms with Gasteiger partial charge in [-0.3, -0.25) is 4.79 Å². The molecule has 86 valence electrons. The molecular weight excluding hydrogens is 190 g/mol. The SMILES string of the molecule is CCN(CC(C)C#N)C(=O)[C@H](N)C(C)C. The molecule has 15 heavy (non-hydrogen) atoms. The van der Waals surface area contributed by atoms with Crippen LogP contribution in [0, 0.1) is 23.2 Å². The second-order valence-corrected chi connectivity index (χ2v) is 4.18. The summed E-state index contributed by atoms with van der Waals surface area (Å²) in [6, 6.07) is 1.66. The van der Waals surface area contributed by atoms with E-state index in [9.17, 15) is 4.79 Å². The number of amides is 1. The molecule has 0 saturated heterocycles. The first-order valence-corrected chi connectivity index (χ1v) is 5.38. The van der Waals surface area contributed by atoms with Gasteiger partial charge in [-0.15, -0.1) is 0 Å². The van der Waals surface area contributed by atoms with Crippen molar-refractivity contribution in [3.63, 3.8) is 0 Å². The van der Waals surface area contributed by atoms with Gasteiger partial charge in [0.1, 0.15) is 0 Å². The predicted molar refractivity (Wildman–Crippen MR) is 59.8 cm³/mol. The first-order valence-electron chi connectivity index (χ1n) is 5.38. The Labute approximate surface area is 92.0 Å². The zero-order chi connectivity index (χ0) is 12.0. The van der Waals surface area contributed by atoms with E-state index in [0.29, 0.717) is 13.1 Å². The average molecular weight is 211 g/mol. The van der Waals surface area contributed by atoms with E-state index in [2.05, 4.69) is 6.07 Å². The standard InChI is InChI=1S/C11H21N3O/c1-5-14(7-9(4)6-12)11(15)10(13)8(2)3/h8-10H,5,7,13H2,1-4H3/t9?,10-/m1/s1. The molecule has 0 rings (SSSR count). The fourth-order valence-corrected chi connectivity index (χ4v) is 1.24. The third-order valence-corrected chi connectivity index (χ3v) is 2.41. The molecule has 0 aromatic carbocycles. The number of hydrogen-bond acceptors (Lipinski definition) is 3. The Balaban J connectivity index is 4.42. The molecule has 2 atom stereocenters. The normalized spacial score (nSPS) is 14.5. The summed E-state index contributed by atoms with van der Waals surface area (Å²) in [4.78, 5) is 13.5. The summed E-state index contributed by atoms with van der Waals surface area (Å²) in [6.45, 7) is 8.61. The van der Waals surface area contributed by atoms with E-state index in [-0.39, 0.29) is 17.7 Å². The molecular formula is C11H21N3O. The molecule has 0 aliphatic carbocycles. The lowest BCUT2D eigenvalue weighted by Gasteiger charge is -2.26. The van der Waals surface area contributed by atoms with Crippen molar-refractivity contribution in [1.29, 1.82) is 5.26 Å². The van der Waals surface area contributed by atoms with Gasteiger partial charge >= 0.3 is 0 Å². The second kappa shape index (κ2) is 6.41. The first kappa shape index (κ1) is 13.9. The second-order valence-electron chi connectivity index (χ2n) is 4.18. The monoisotopic (exact) mass is 211 g/mol. The highest BCUT2D eigenvalue weighted by atomic mass is 16.2. The van der Waals surface area contributed by atoms with E-state index in [0.717, 1.165) is 0 Å². The molecule has 0 aliphatic heterocycles. The van der Waals surface area contributed by atoms with Crippen LogP contribution >= 0.6 is 0 Å². The number of nitriles is 1. The summed E-state index contributed by atoms with van der Waals surface area (Å²) in [5.74, 6) is -0.0770. The van der Waals surface area contributed by atoms with Crippen LogP contribution in [0.1, 0.15) is 27.7 Å². The third-order valence-electron chi connectivity index (χ3n) is 2.41. The highest BCUT2D eigenvalue weighted by Gasteiger charge is 2.23.